The molecule has 2 saturated heterocycles. The van der Waals surface area contributed by atoms with Gasteiger partial charge in [-0.25, -0.2) is 8.42 Å². The molecule has 32 heavy (non-hydrogen) atoms. The van der Waals surface area contributed by atoms with Gasteiger partial charge in [-0.05, 0) is 35.9 Å². The van der Waals surface area contributed by atoms with Gasteiger partial charge in [-0.2, -0.15) is 18.2 Å². The first kappa shape index (κ1) is 23.4. The van der Waals surface area contributed by atoms with Crippen molar-refractivity contribution in [1.82, 2.24) is 0 Å². The molecule has 0 aromatic heterocycles. The monoisotopic (exact) mass is 522 g/mol. The summed E-state index contributed by atoms with van der Waals surface area (Å²) in [6.45, 7) is 0. The van der Waals surface area contributed by atoms with E-state index in [0.29, 0.717) is 10.6 Å². The summed E-state index contributed by atoms with van der Waals surface area (Å²) in [5.74, 6) is -0.880. The fourth-order valence-electron chi connectivity index (χ4n) is 3.67. The average molecular weight is 523 g/mol. The van der Waals surface area contributed by atoms with E-state index in [4.69, 9.17) is 23.2 Å². The van der Waals surface area contributed by atoms with Crippen LogP contribution in [0.5, 0.6) is 0 Å². The van der Waals surface area contributed by atoms with Crippen molar-refractivity contribution in [2.45, 2.75) is 23.9 Å². The Morgan fingerprint density at radius 2 is 1.81 bits per heavy atom. The maximum atomic E-state index is 13.4. The summed E-state index contributed by atoms with van der Waals surface area (Å²) in [7, 11) is -3.36. The number of carbonyl (C=O) groups excluding carboxylic acids is 1. The Hall–Kier alpha value is -1.75. The second kappa shape index (κ2) is 8.55. The SMILES string of the molecule is O=C(Cc1ccc(Cl)cc1)N=C1S[C@H]2CS(=O)(=O)C[C@@H]2N1c1ccc(Cl)c(C(F)(F)F)c1. The largest absolute Gasteiger partial charge is 0.417 e. The molecule has 170 valence electrons. The Kier molecular flexibility index (Phi) is 6.26. The molecule has 4 rings (SSSR count). The highest BCUT2D eigenvalue weighted by Crippen LogP contribution is 2.43. The summed E-state index contributed by atoms with van der Waals surface area (Å²) in [4.78, 5) is 18.1. The molecular weight excluding hydrogens is 508 g/mol. The summed E-state index contributed by atoms with van der Waals surface area (Å²) in [6.07, 6.45) is -4.72. The predicted octanol–water partition coefficient (Wildman–Crippen LogP) is 4.86. The minimum absolute atomic E-state index is 0.0306. The Morgan fingerprint density at radius 1 is 1.12 bits per heavy atom. The molecule has 0 spiro atoms. The predicted molar refractivity (Wildman–Crippen MR) is 120 cm³/mol. The first-order chi connectivity index (χ1) is 14.9. The molecule has 12 heteroatoms. The van der Waals surface area contributed by atoms with Gasteiger partial charge >= 0.3 is 6.18 Å². The molecule has 5 nitrogen and oxygen atoms in total. The van der Waals surface area contributed by atoms with E-state index >= 15 is 0 Å². The fourth-order valence-corrected chi connectivity index (χ4v) is 7.95. The second-order valence-electron chi connectivity index (χ2n) is 7.42. The van der Waals surface area contributed by atoms with Gasteiger partial charge in [0, 0.05) is 16.0 Å². The van der Waals surface area contributed by atoms with Crippen molar-refractivity contribution in [3.63, 3.8) is 0 Å². The van der Waals surface area contributed by atoms with E-state index in [9.17, 15) is 26.4 Å². The number of hydrogen-bond acceptors (Lipinski definition) is 4. The zero-order chi connectivity index (χ0) is 23.3. The number of thioether (sulfide) groups is 1. The first-order valence-corrected chi connectivity index (χ1v) is 12.8. The molecular formula is C20H15Cl2F3N2O3S2. The fraction of sp³-hybridized carbons (Fsp3) is 0.300. The van der Waals surface area contributed by atoms with Crippen LogP contribution in [0.25, 0.3) is 0 Å². The van der Waals surface area contributed by atoms with Crippen LogP contribution < -0.4 is 4.90 Å². The number of amidine groups is 1. The molecule has 2 fully saturated rings. The molecule has 0 radical (unpaired) electrons. The third-order valence-corrected chi connectivity index (χ3v) is 8.88. The number of alkyl halides is 3. The number of rotatable bonds is 3. The number of fused-ring (bicyclic) bond motifs is 1. The number of benzene rings is 2. The topological polar surface area (TPSA) is 66.8 Å². The molecule has 0 saturated carbocycles. The van der Waals surface area contributed by atoms with Crippen LogP contribution in [0.1, 0.15) is 11.1 Å². The lowest BCUT2D eigenvalue weighted by Gasteiger charge is -2.25. The van der Waals surface area contributed by atoms with Gasteiger partial charge in [0.05, 0.1) is 34.6 Å². The van der Waals surface area contributed by atoms with Crippen molar-refractivity contribution >= 4 is 61.6 Å². The molecule has 1 amide bonds. The lowest BCUT2D eigenvalue weighted by atomic mass is 10.1. The van der Waals surface area contributed by atoms with Gasteiger partial charge in [-0.3, -0.25) is 4.79 Å². The minimum atomic E-state index is -4.69. The number of anilines is 1. The summed E-state index contributed by atoms with van der Waals surface area (Å²) in [6, 6.07) is 9.32. The molecule has 2 aromatic carbocycles. The molecule has 2 aliphatic rings. The van der Waals surface area contributed by atoms with Gasteiger partial charge in [0.15, 0.2) is 15.0 Å². The molecule has 0 aliphatic carbocycles. The van der Waals surface area contributed by atoms with Crippen molar-refractivity contribution in [1.29, 1.82) is 0 Å². The van der Waals surface area contributed by atoms with E-state index < -0.39 is 43.8 Å². The number of aliphatic imine (C=N–C) groups is 1. The van der Waals surface area contributed by atoms with Crippen molar-refractivity contribution in [2.24, 2.45) is 4.99 Å². The molecule has 2 heterocycles. The van der Waals surface area contributed by atoms with E-state index in [0.717, 1.165) is 23.9 Å². The standard InChI is InChI=1S/C20H15Cl2F3N2O3S2/c21-12-3-1-11(2-4-12)7-18(28)26-19-27(16-9-32(29,30)10-17(16)31-19)13-5-6-15(22)14(8-13)20(23,24)25/h1-6,8,16-17H,7,9-10H2/t16-,17-/m0/s1. The molecule has 0 N–H and O–H groups in total. The summed E-state index contributed by atoms with van der Waals surface area (Å²) < 4.78 is 64.4. The number of amides is 1. The number of sulfone groups is 1. The maximum absolute atomic E-state index is 13.4. The minimum Gasteiger partial charge on any atom is -0.316 e. The summed E-state index contributed by atoms with van der Waals surface area (Å²) in [5.41, 5.74) is -0.290. The van der Waals surface area contributed by atoms with Crippen LogP contribution in [0.4, 0.5) is 18.9 Å². The van der Waals surface area contributed by atoms with Gasteiger partial charge in [-0.1, -0.05) is 47.1 Å². The number of hydrogen-bond donors (Lipinski definition) is 0. The van der Waals surface area contributed by atoms with Gasteiger partial charge in [0.25, 0.3) is 5.91 Å². The van der Waals surface area contributed by atoms with Crippen LogP contribution in [0.2, 0.25) is 10.0 Å². The molecule has 2 aliphatic heterocycles. The first-order valence-electron chi connectivity index (χ1n) is 9.32. The molecule has 2 aromatic rings. The zero-order valence-electron chi connectivity index (χ0n) is 16.1. The van der Waals surface area contributed by atoms with Gasteiger partial charge in [-0.15, -0.1) is 0 Å². The van der Waals surface area contributed by atoms with E-state index in [1.54, 1.807) is 24.3 Å². The van der Waals surface area contributed by atoms with E-state index in [2.05, 4.69) is 4.99 Å². The Balaban J connectivity index is 1.70. The lowest BCUT2D eigenvalue weighted by molar-refractivity contribution is -0.137. The molecule has 0 unspecified atom stereocenters. The Labute approximate surface area is 196 Å². The van der Waals surface area contributed by atoms with Crippen molar-refractivity contribution in [2.75, 3.05) is 16.4 Å². The molecule has 2 atom stereocenters. The van der Waals surface area contributed by atoms with Gasteiger partial charge in [0.1, 0.15) is 0 Å². The van der Waals surface area contributed by atoms with Crippen molar-refractivity contribution in [3.8, 4) is 0 Å². The Bertz CT molecular complexity index is 1200. The van der Waals surface area contributed by atoms with E-state index in [1.807, 2.05) is 0 Å². The zero-order valence-corrected chi connectivity index (χ0v) is 19.3. The van der Waals surface area contributed by atoms with Crippen LogP contribution in [0.15, 0.2) is 47.5 Å². The lowest BCUT2D eigenvalue weighted by Crippen LogP contribution is -2.38. The average Bonchev–Trinajstić information content (AvgIpc) is 3.14. The van der Waals surface area contributed by atoms with Gasteiger partial charge in [0.2, 0.25) is 0 Å². The third-order valence-electron chi connectivity index (χ3n) is 5.09. The number of carbonyl (C=O) groups is 1. The smallest absolute Gasteiger partial charge is 0.316 e. The van der Waals surface area contributed by atoms with E-state index in [1.165, 1.54) is 11.0 Å². The summed E-state index contributed by atoms with van der Waals surface area (Å²) in [5, 5.41) is -0.223. The van der Waals surface area contributed by atoms with Gasteiger partial charge < -0.3 is 4.90 Å². The van der Waals surface area contributed by atoms with Crippen LogP contribution in [0, 0.1) is 0 Å². The van der Waals surface area contributed by atoms with Crippen LogP contribution in [0.3, 0.4) is 0 Å². The van der Waals surface area contributed by atoms with Crippen LogP contribution in [-0.2, 0) is 27.2 Å². The summed E-state index contributed by atoms with van der Waals surface area (Å²) >= 11 is 12.7. The van der Waals surface area contributed by atoms with Crippen LogP contribution in [-0.4, -0.2) is 42.3 Å². The highest BCUT2D eigenvalue weighted by Gasteiger charge is 2.49. The molecule has 0 bridgehead atoms. The quantitative estimate of drug-likeness (QED) is 0.576. The normalized spacial score (nSPS) is 23.5. The number of halogens is 5. The maximum Gasteiger partial charge on any atom is 0.417 e. The highest BCUT2D eigenvalue weighted by atomic mass is 35.5. The highest BCUT2D eigenvalue weighted by molar-refractivity contribution is 8.16. The number of nitrogens with zero attached hydrogens (tertiary/aromatic N) is 2. The van der Waals surface area contributed by atoms with E-state index in [-0.39, 0.29) is 28.8 Å². The Morgan fingerprint density at radius 3 is 2.47 bits per heavy atom. The van der Waals surface area contributed by atoms with Crippen molar-refractivity contribution in [3.05, 3.63) is 63.6 Å². The second-order valence-corrected chi connectivity index (χ2v) is 11.6. The van der Waals surface area contributed by atoms with Crippen LogP contribution >= 0.6 is 35.0 Å². The van der Waals surface area contributed by atoms with Crippen molar-refractivity contribution < 1.29 is 26.4 Å². The third kappa shape index (κ3) is 4.93.